The molecule has 1 fully saturated rings. The number of nitrogens with zero attached hydrogens (tertiary/aromatic N) is 1. The monoisotopic (exact) mass is 297 g/mol. The molecule has 0 aliphatic carbocycles. The first kappa shape index (κ1) is 18.3. The van der Waals surface area contributed by atoms with Crippen LogP contribution in [-0.4, -0.2) is 29.2 Å². The van der Waals surface area contributed by atoms with Crippen LogP contribution in [0.4, 0.5) is 4.79 Å². The maximum atomic E-state index is 12.2. The van der Waals surface area contributed by atoms with Gasteiger partial charge in [-0.05, 0) is 40.0 Å². The minimum absolute atomic E-state index is 0.118. The van der Waals surface area contributed by atoms with Crippen LogP contribution >= 0.6 is 0 Å². The van der Waals surface area contributed by atoms with Crippen molar-refractivity contribution in [2.75, 3.05) is 6.54 Å². The lowest BCUT2D eigenvalue weighted by atomic mass is 10.0. The van der Waals surface area contributed by atoms with Crippen molar-refractivity contribution in [3.63, 3.8) is 0 Å². The van der Waals surface area contributed by atoms with Gasteiger partial charge in [-0.15, -0.1) is 0 Å². The average Bonchev–Trinajstić information content (AvgIpc) is 2.84. The summed E-state index contributed by atoms with van der Waals surface area (Å²) in [6.45, 7) is 8.94. The smallest absolute Gasteiger partial charge is 0.410 e. The summed E-state index contributed by atoms with van der Waals surface area (Å²) in [6.07, 6.45) is 12.6. The Hall–Kier alpha value is -0.730. The van der Waals surface area contributed by atoms with Gasteiger partial charge >= 0.3 is 6.09 Å². The molecule has 1 heterocycles. The van der Waals surface area contributed by atoms with Gasteiger partial charge in [0.25, 0.3) is 0 Å². The number of carbonyl (C=O) groups is 1. The summed E-state index contributed by atoms with van der Waals surface area (Å²) in [5.41, 5.74) is -0.385. The fourth-order valence-corrected chi connectivity index (χ4v) is 3.03. The molecule has 0 saturated carbocycles. The first-order valence-corrected chi connectivity index (χ1v) is 8.93. The van der Waals surface area contributed by atoms with E-state index >= 15 is 0 Å². The number of hydrogen-bond donors (Lipinski definition) is 0. The number of likely N-dealkylation sites (tertiary alicyclic amines) is 1. The minimum atomic E-state index is -0.385. The fraction of sp³-hybridized carbons (Fsp3) is 0.944. The molecule has 0 radical (unpaired) electrons. The van der Waals surface area contributed by atoms with Gasteiger partial charge in [-0.25, -0.2) is 4.79 Å². The molecule has 0 N–H and O–H groups in total. The molecule has 1 aliphatic rings. The topological polar surface area (TPSA) is 29.5 Å². The predicted molar refractivity (Wildman–Crippen MR) is 88.6 cm³/mol. The summed E-state index contributed by atoms with van der Waals surface area (Å²) >= 11 is 0. The van der Waals surface area contributed by atoms with E-state index in [9.17, 15) is 4.79 Å². The van der Waals surface area contributed by atoms with E-state index in [1.807, 2.05) is 25.7 Å². The van der Waals surface area contributed by atoms with Crippen molar-refractivity contribution in [1.29, 1.82) is 0 Å². The quantitative estimate of drug-likeness (QED) is 0.551. The molecule has 1 atom stereocenters. The van der Waals surface area contributed by atoms with Crippen molar-refractivity contribution in [1.82, 2.24) is 4.90 Å². The highest BCUT2D eigenvalue weighted by atomic mass is 16.6. The second kappa shape index (κ2) is 9.32. The molecule has 1 unspecified atom stereocenters. The standard InChI is InChI=1S/C18H35NO2/c1-5-6-7-8-9-10-11-13-16-14-12-15-19(16)17(20)21-18(2,3)4/h16H,5-15H2,1-4H3. The molecule has 0 aromatic rings. The number of carbonyl (C=O) groups excluding carboxylic acids is 1. The summed E-state index contributed by atoms with van der Waals surface area (Å²) in [5.74, 6) is 0. The van der Waals surface area contributed by atoms with E-state index in [1.54, 1.807) is 0 Å². The van der Waals surface area contributed by atoms with E-state index in [0.29, 0.717) is 6.04 Å². The maximum absolute atomic E-state index is 12.2. The van der Waals surface area contributed by atoms with Crippen molar-refractivity contribution in [2.24, 2.45) is 0 Å². The fourth-order valence-electron chi connectivity index (χ4n) is 3.03. The predicted octanol–water partition coefficient (Wildman–Crippen LogP) is 5.53. The third kappa shape index (κ3) is 7.73. The maximum Gasteiger partial charge on any atom is 0.410 e. The molecule has 0 aromatic heterocycles. The molecule has 1 saturated heterocycles. The van der Waals surface area contributed by atoms with E-state index in [2.05, 4.69) is 6.92 Å². The van der Waals surface area contributed by atoms with Crippen molar-refractivity contribution in [3.8, 4) is 0 Å². The van der Waals surface area contributed by atoms with E-state index in [-0.39, 0.29) is 11.7 Å². The van der Waals surface area contributed by atoms with Crippen molar-refractivity contribution in [2.45, 2.75) is 104 Å². The Kier molecular flexibility index (Phi) is 8.13. The lowest BCUT2D eigenvalue weighted by Crippen LogP contribution is -2.39. The van der Waals surface area contributed by atoms with Gasteiger partial charge < -0.3 is 9.64 Å². The van der Waals surface area contributed by atoms with Crippen LogP contribution in [0, 0.1) is 0 Å². The number of hydrogen-bond acceptors (Lipinski definition) is 2. The molecule has 3 heteroatoms. The number of ether oxygens (including phenoxy) is 1. The Morgan fingerprint density at radius 1 is 1.10 bits per heavy atom. The van der Waals surface area contributed by atoms with E-state index < -0.39 is 0 Å². The largest absolute Gasteiger partial charge is 0.444 e. The van der Waals surface area contributed by atoms with Crippen LogP contribution in [0.1, 0.15) is 91.9 Å². The van der Waals surface area contributed by atoms with Crippen molar-refractivity contribution >= 4 is 6.09 Å². The Balaban J connectivity index is 2.20. The highest BCUT2D eigenvalue weighted by molar-refractivity contribution is 5.68. The molecule has 124 valence electrons. The molecule has 1 amide bonds. The molecule has 21 heavy (non-hydrogen) atoms. The van der Waals surface area contributed by atoms with Crippen LogP contribution in [0.2, 0.25) is 0 Å². The molecule has 1 rings (SSSR count). The zero-order valence-corrected chi connectivity index (χ0v) is 14.6. The average molecular weight is 297 g/mol. The lowest BCUT2D eigenvalue weighted by Gasteiger charge is -2.28. The molecular formula is C18H35NO2. The zero-order chi connectivity index (χ0) is 15.7. The Morgan fingerprint density at radius 3 is 2.33 bits per heavy atom. The number of rotatable bonds is 8. The van der Waals surface area contributed by atoms with Gasteiger partial charge in [-0.3, -0.25) is 0 Å². The van der Waals surface area contributed by atoms with Gasteiger partial charge in [0.15, 0.2) is 0 Å². The second-order valence-electron chi connectivity index (χ2n) is 7.38. The molecule has 3 nitrogen and oxygen atoms in total. The molecule has 1 aliphatic heterocycles. The minimum Gasteiger partial charge on any atom is -0.444 e. The Morgan fingerprint density at radius 2 is 1.71 bits per heavy atom. The van der Waals surface area contributed by atoms with E-state index in [0.717, 1.165) is 25.8 Å². The van der Waals surface area contributed by atoms with Gasteiger partial charge in [0.2, 0.25) is 0 Å². The van der Waals surface area contributed by atoms with Crippen LogP contribution in [-0.2, 0) is 4.74 Å². The number of unbranched alkanes of at least 4 members (excludes halogenated alkanes) is 6. The molecular weight excluding hydrogens is 262 g/mol. The zero-order valence-electron chi connectivity index (χ0n) is 14.6. The van der Waals surface area contributed by atoms with Crippen molar-refractivity contribution in [3.05, 3.63) is 0 Å². The van der Waals surface area contributed by atoms with Crippen LogP contribution in [0.15, 0.2) is 0 Å². The summed E-state index contributed by atoms with van der Waals surface area (Å²) in [5, 5.41) is 0. The third-order valence-electron chi connectivity index (χ3n) is 4.15. The SMILES string of the molecule is CCCCCCCCCC1CCCN1C(=O)OC(C)(C)C. The second-order valence-corrected chi connectivity index (χ2v) is 7.38. The van der Waals surface area contributed by atoms with E-state index in [4.69, 9.17) is 4.74 Å². The first-order valence-electron chi connectivity index (χ1n) is 8.93. The summed E-state index contributed by atoms with van der Waals surface area (Å²) < 4.78 is 5.51. The summed E-state index contributed by atoms with van der Waals surface area (Å²) in [6, 6.07) is 0.412. The number of amides is 1. The molecule has 0 bridgehead atoms. The molecule has 0 spiro atoms. The first-order chi connectivity index (χ1) is 9.94. The Labute approximate surface area is 131 Å². The van der Waals surface area contributed by atoms with E-state index in [1.165, 1.54) is 44.9 Å². The van der Waals surface area contributed by atoms with Gasteiger partial charge in [0.05, 0.1) is 0 Å². The third-order valence-corrected chi connectivity index (χ3v) is 4.15. The lowest BCUT2D eigenvalue weighted by molar-refractivity contribution is 0.0218. The van der Waals surface area contributed by atoms with Crippen LogP contribution in [0.3, 0.4) is 0 Å². The van der Waals surface area contributed by atoms with Gasteiger partial charge in [0.1, 0.15) is 5.60 Å². The highest BCUT2D eigenvalue weighted by Crippen LogP contribution is 2.25. The van der Waals surface area contributed by atoms with Crippen LogP contribution in [0.5, 0.6) is 0 Å². The highest BCUT2D eigenvalue weighted by Gasteiger charge is 2.31. The summed E-state index contributed by atoms with van der Waals surface area (Å²) in [7, 11) is 0. The van der Waals surface area contributed by atoms with Gasteiger partial charge in [-0.1, -0.05) is 51.9 Å². The summed E-state index contributed by atoms with van der Waals surface area (Å²) in [4.78, 5) is 14.1. The molecule has 0 aromatic carbocycles. The van der Waals surface area contributed by atoms with Crippen LogP contribution < -0.4 is 0 Å². The van der Waals surface area contributed by atoms with Crippen molar-refractivity contribution < 1.29 is 9.53 Å². The Bertz CT molecular complexity index is 296. The van der Waals surface area contributed by atoms with Crippen LogP contribution in [0.25, 0.3) is 0 Å². The van der Waals surface area contributed by atoms with Gasteiger partial charge in [0, 0.05) is 12.6 Å². The van der Waals surface area contributed by atoms with Gasteiger partial charge in [-0.2, -0.15) is 0 Å². The normalized spacial score (nSPS) is 19.0.